The number of rotatable bonds is 7. The van der Waals surface area contributed by atoms with E-state index < -0.39 is 0 Å². The molecule has 2 fully saturated rings. The summed E-state index contributed by atoms with van der Waals surface area (Å²) < 4.78 is 1.97. The van der Waals surface area contributed by atoms with E-state index in [4.69, 9.17) is 16.2 Å². The van der Waals surface area contributed by atoms with Crippen LogP contribution < -0.4 is 11.1 Å². The molecular weight excluding hydrogens is 488 g/mol. The normalized spacial score (nSPS) is 18.6. The third kappa shape index (κ3) is 5.22. The number of benzene rings is 2. The fourth-order valence-electron chi connectivity index (χ4n) is 5.87. The molecule has 0 saturated carbocycles. The summed E-state index contributed by atoms with van der Waals surface area (Å²) in [7, 11) is 0. The third-order valence-corrected chi connectivity index (χ3v) is 7.96. The van der Waals surface area contributed by atoms with Gasteiger partial charge in [0, 0.05) is 41.8 Å². The minimum atomic E-state index is -0.0199. The number of nitrogens with two attached hydrogens (primary N) is 1. The minimum absolute atomic E-state index is 0.0199. The summed E-state index contributed by atoms with van der Waals surface area (Å²) in [5.74, 6) is 0.807. The van der Waals surface area contributed by atoms with Crippen LogP contribution in [0, 0.1) is 5.41 Å². The summed E-state index contributed by atoms with van der Waals surface area (Å²) in [5, 5.41) is 16.7. The number of piperidine rings is 1. The van der Waals surface area contributed by atoms with Crippen molar-refractivity contribution in [1.82, 2.24) is 25.0 Å². The Morgan fingerprint density at radius 3 is 2.69 bits per heavy atom. The number of nitrogens with zero attached hydrogens (tertiary/aromatic N) is 4. The van der Waals surface area contributed by atoms with Crippen molar-refractivity contribution in [2.24, 2.45) is 10.7 Å². The molecule has 2 aromatic carbocycles. The molecule has 0 aliphatic carbocycles. The number of amides is 1. The molecule has 2 aromatic heterocycles. The lowest BCUT2D eigenvalue weighted by Gasteiger charge is -2.33. The summed E-state index contributed by atoms with van der Waals surface area (Å²) in [6, 6.07) is 18.7. The number of aromatic nitrogens is 3. The van der Waals surface area contributed by atoms with Crippen LogP contribution in [0.1, 0.15) is 48.6 Å². The van der Waals surface area contributed by atoms with Gasteiger partial charge in [-0.3, -0.25) is 14.9 Å². The highest BCUT2D eigenvalue weighted by Crippen LogP contribution is 2.34. The molecule has 0 bridgehead atoms. The van der Waals surface area contributed by atoms with Gasteiger partial charge in [-0.25, -0.2) is 4.99 Å². The van der Waals surface area contributed by atoms with Crippen LogP contribution >= 0.6 is 0 Å². The van der Waals surface area contributed by atoms with Crippen LogP contribution in [0.4, 0.5) is 0 Å². The molecule has 0 unspecified atom stereocenters. The van der Waals surface area contributed by atoms with Gasteiger partial charge in [-0.1, -0.05) is 42.5 Å². The first kappa shape index (κ1) is 25.1. The number of fused-ring (bicyclic) bond motifs is 1. The van der Waals surface area contributed by atoms with Crippen LogP contribution in [0.5, 0.6) is 0 Å². The van der Waals surface area contributed by atoms with Crippen LogP contribution in [0.25, 0.3) is 22.0 Å². The van der Waals surface area contributed by atoms with Crippen LogP contribution in [0.3, 0.4) is 0 Å². The van der Waals surface area contributed by atoms with E-state index in [9.17, 15) is 4.79 Å². The van der Waals surface area contributed by atoms with Gasteiger partial charge in [0.15, 0.2) is 0 Å². The molecule has 200 valence electrons. The standard InChI is InChI=1S/C30H34N8O/c31-19-34-29(32)28-24(16-26(35-28)21-10-13-37(14-11-21)30(39)25-7-4-12-33-25)22-8-9-23-18-38(36-27(23)15-22)17-20-5-2-1-3-6-20/h1-3,5-6,8-9,15-16,18-19,21,25,33,35H,4,7,10-14,17H2,(H3,31,32,34)/t25-/m1/s1. The number of aromatic amines is 1. The highest BCUT2D eigenvalue weighted by Gasteiger charge is 2.31. The first-order chi connectivity index (χ1) is 19.1. The minimum Gasteiger partial charge on any atom is -0.382 e. The lowest BCUT2D eigenvalue weighted by atomic mass is 9.92. The van der Waals surface area contributed by atoms with Gasteiger partial charge in [-0.05, 0) is 55.5 Å². The number of likely N-dealkylation sites (tertiary alicyclic amines) is 1. The van der Waals surface area contributed by atoms with Gasteiger partial charge in [0.2, 0.25) is 5.91 Å². The van der Waals surface area contributed by atoms with Gasteiger partial charge in [0.05, 0.1) is 23.8 Å². The zero-order valence-electron chi connectivity index (χ0n) is 21.9. The Morgan fingerprint density at radius 2 is 1.95 bits per heavy atom. The molecule has 4 aromatic rings. The third-order valence-electron chi connectivity index (χ3n) is 7.96. The largest absolute Gasteiger partial charge is 0.382 e. The highest BCUT2D eigenvalue weighted by molar-refractivity contribution is 6.05. The summed E-state index contributed by atoms with van der Waals surface area (Å²) >= 11 is 0. The Morgan fingerprint density at radius 1 is 1.13 bits per heavy atom. The number of carbonyl (C=O) groups excluding carboxylic acids is 1. The topological polar surface area (TPSA) is 128 Å². The molecule has 1 atom stereocenters. The van der Waals surface area contributed by atoms with Crippen molar-refractivity contribution in [2.75, 3.05) is 19.6 Å². The summed E-state index contributed by atoms with van der Waals surface area (Å²) in [6.45, 7) is 3.14. The van der Waals surface area contributed by atoms with Crippen molar-refractivity contribution in [1.29, 1.82) is 5.41 Å². The second-order valence-electron chi connectivity index (χ2n) is 10.5. The van der Waals surface area contributed by atoms with Crippen molar-refractivity contribution < 1.29 is 4.79 Å². The van der Waals surface area contributed by atoms with E-state index in [1.165, 1.54) is 5.56 Å². The van der Waals surface area contributed by atoms with Gasteiger partial charge in [0.25, 0.3) is 0 Å². The molecule has 0 radical (unpaired) electrons. The predicted octanol–water partition coefficient (Wildman–Crippen LogP) is 3.85. The van der Waals surface area contributed by atoms with Crippen LogP contribution in [-0.2, 0) is 11.3 Å². The van der Waals surface area contributed by atoms with Crippen molar-refractivity contribution in [2.45, 2.75) is 44.2 Å². The maximum absolute atomic E-state index is 12.9. The number of H-pyrrole nitrogens is 1. The highest BCUT2D eigenvalue weighted by atomic mass is 16.2. The summed E-state index contributed by atoms with van der Waals surface area (Å²) in [4.78, 5) is 22.4. The van der Waals surface area contributed by atoms with Gasteiger partial charge in [0.1, 0.15) is 12.2 Å². The molecule has 1 amide bonds. The van der Waals surface area contributed by atoms with Gasteiger partial charge in [-0.15, -0.1) is 0 Å². The Kier molecular flexibility index (Phi) is 6.98. The average Bonchev–Trinajstić information content (AvgIpc) is 3.73. The molecule has 2 aliphatic rings. The molecule has 5 N–H and O–H groups in total. The number of amidine groups is 1. The fourth-order valence-corrected chi connectivity index (χ4v) is 5.87. The van der Waals surface area contributed by atoms with Gasteiger partial charge >= 0.3 is 0 Å². The Labute approximate surface area is 227 Å². The Hall–Kier alpha value is -4.24. The molecule has 0 spiro atoms. The number of aliphatic imine (C=N–C) groups is 1. The predicted molar refractivity (Wildman–Crippen MR) is 154 cm³/mol. The summed E-state index contributed by atoms with van der Waals surface area (Å²) in [5.41, 5.74) is 12.2. The lowest BCUT2D eigenvalue weighted by molar-refractivity contribution is -0.134. The van der Waals surface area contributed by atoms with E-state index in [0.29, 0.717) is 18.2 Å². The molecule has 6 rings (SSSR count). The van der Waals surface area contributed by atoms with Crippen molar-refractivity contribution in [3.63, 3.8) is 0 Å². The number of carbonyl (C=O) groups is 1. The monoisotopic (exact) mass is 522 g/mol. The Bertz CT molecular complexity index is 1500. The van der Waals surface area contributed by atoms with Crippen molar-refractivity contribution >= 4 is 29.0 Å². The van der Waals surface area contributed by atoms with E-state index in [0.717, 1.165) is 79.4 Å². The second kappa shape index (κ2) is 10.9. The molecule has 2 aliphatic heterocycles. The van der Waals surface area contributed by atoms with Crippen LogP contribution in [-0.4, -0.2) is 63.4 Å². The van der Waals surface area contributed by atoms with E-state index in [-0.39, 0.29) is 17.8 Å². The van der Waals surface area contributed by atoms with E-state index in [2.05, 4.69) is 57.9 Å². The van der Waals surface area contributed by atoms with Crippen molar-refractivity contribution in [3.8, 4) is 11.1 Å². The second-order valence-corrected chi connectivity index (χ2v) is 10.5. The fraction of sp³-hybridized carbons (Fsp3) is 0.333. The lowest BCUT2D eigenvalue weighted by Crippen LogP contribution is -2.46. The smallest absolute Gasteiger partial charge is 0.239 e. The molecule has 4 heterocycles. The van der Waals surface area contributed by atoms with E-state index in [1.807, 2.05) is 27.8 Å². The molecular formula is C30H34N8O. The number of hydrogen-bond acceptors (Lipinski definition) is 4. The molecule has 9 nitrogen and oxygen atoms in total. The van der Waals surface area contributed by atoms with Crippen LogP contribution in [0.2, 0.25) is 0 Å². The summed E-state index contributed by atoms with van der Waals surface area (Å²) in [6.07, 6.45) is 6.82. The van der Waals surface area contributed by atoms with Crippen LogP contribution in [0.15, 0.2) is 65.8 Å². The molecule has 9 heteroatoms. The molecule has 39 heavy (non-hydrogen) atoms. The zero-order chi connectivity index (χ0) is 26.8. The van der Waals surface area contributed by atoms with Gasteiger partial charge < -0.3 is 20.9 Å². The average molecular weight is 523 g/mol. The zero-order valence-corrected chi connectivity index (χ0v) is 21.9. The number of hydrogen-bond donors (Lipinski definition) is 4. The van der Waals surface area contributed by atoms with E-state index in [1.54, 1.807) is 0 Å². The maximum Gasteiger partial charge on any atom is 0.239 e. The van der Waals surface area contributed by atoms with Crippen molar-refractivity contribution in [3.05, 3.63) is 77.7 Å². The quantitative estimate of drug-likeness (QED) is 0.217. The van der Waals surface area contributed by atoms with E-state index >= 15 is 0 Å². The SMILES string of the molecule is N=CN=C(N)c1[nH]c(C2CCN(C(=O)[C@H]3CCCN3)CC2)cc1-c1ccc2cn(Cc3ccccc3)nc2c1. The first-order valence-electron chi connectivity index (χ1n) is 13.7. The van der Waals surface area contributed by atoms with Gasteiger partial charge in [-0.2, -0.15) is 5.10 Å². The maximum atomic E-state index is 12.9. The Balaban J connectivity index is 1.25. The molecule has 2 saturated heterocycles. The first-order valence-corrected chi connectivity index (χ1v) is 13.7. The number of nitrogens with one attached hydrogen (secondary N) is 3.